The molecule has 1 aliphatic heterocycles. The van der Waals surface area contributed by atoms with Crippen molar-refractivity contribution in [2.24, 2.45) is 0 Å². The highest BCUT2D eigenvalue weighted by Crippen LogP contribution is 2.49. The molecule has 27 heavy (non-hydrogen) atoms. The van der Waals surface area contributed by atoms with Crippen molar-refractivity contribution in [1.29, 1.82) is 0 Å². The molecule has 1 aliphatic rings. The molecule has 134 valence electrons. The van der Waals surface area contributed by atoms with Crippen LogP contribution in [-0.2, 0) is 10.3 Å². The number of cyclic esters (lactones) is 1. The van der Waals surface area contributed by atoms with Gasteiger partial charge in [-0.3, -0.25) is 10.1 Å². The Morgan fingerprint density at radius 1 is 0.852 bits per heavy atom. The van der Waals surface area contributed by atoms with E-state index in [1.54, 1.807) is 30.3 Å². The van der Waals surface area contributed by atoms with Crippen molar-refractivity contribution in [1.82, 2.24) is 0 Å². The molecule has 0 fully saturated rings. The van der Waals surface area contributed by atoms with Crippen LogP contribution in [0.5, 0.6) is 11.5 Å². The molecule has 0 aliphatic carbocycles. The highest BCUT2D eigenvalue weighted by Gasteiger charge is 2.51. The van der Waals surface area contributed by atoms with E-state index in [1.807, 2.05) is 0 Å². The average Bonchev–Trinajstić information content (AvgIpc) is 2.97. The number of hydrogen-bond donors (Lipinski definition) is 2. The van der Waals surface area contributed by atoms with E-state index in [0.29, 0.717) is 16.7 Å². The zero-order valence-corrected chi connectivity index (χ0v) is 13.8. The van der Waals surface area contributed by atoms with Gasteiger partial charge in [-0.05, 0) is 24.3 Å². The van der Waals surface area contributed by atoms with Crippen LogP contribution in [0.15, 0.2) is 66.7 Å². The minimum atomic E-state index is -1.43. The number of aromatic hydroxyl groups is 2. The standard InChI is InChI=1S/C20H13NO6/c22-14-8-4-12(5-9-14)20(13-6-10-15(23)11-7-13)16-2-1-3-17(21(25)26)18(16)19(24)27-20/h1-11,22-23H. The smallest absolute Gasteiger partial charge is 0.347 e. The molecule has 0 atom stereocenters. The van der Waals surface area contributed by atoms with Gasteiger partial charge in [0.1, 0.15) is 17.1 Å². The number of rotatable bonds is 3. The van der Waals surface area contributed by atoms with E-state index in [-0.39, 0.29) is 22.7 Å². The van der Waals surface area contributed by atoms with E-state index in [1.165, 1.54) is 36.4 Å². The van der Waals surface area contributed by atoms with Gasteiger partial charge in [0, 0.05) is 22.8 Å². The highest BCUT2D eigenvalue weighted by atomic mass is 16.6. The van der Waals surface area contributed by atoms with Crippen molar-refractivity contribution in [2.75, 3.05) is 0 Å². The summed E-state index contributed by atoms with van der Waals surface area (Å²) in [6.45, 7) is 0. The monoisotopic (exact) mass is 363 g/mol. The normalized spacial score (nSPS) is 14.4. The Bertz CT molecular complexity index is 1010. The van der Waals surface area contributed by atoms with E-state index < -0.39 is 16.5 Å². The van der Waals surface area contributed by atoms with Crippen LogP contribution in [0.25, 0.3) is 0 Å². The SMILES string of the molecule is O=C1OC(c2ccc(O)cc2)(c2ccc(O)cc2)c2cccc([N+](=O)[O-])c21. The zero-order valence-electron chi connectivity index (χ0n) is 13.8. The second-order valence-corrected chi connectivity index (χ2v) is 6.12. The lowest BCUT2D eigenvalue weighted by Gasteiger charge is -2.30. The fourth-order valence-electron chi connectivity index (χ4n) is 3.43. The van der Waals surface area contributed by atoms with Crippen LogP contribution >= 0.6 is 0 Å². The van der Waals surface area contributed by atoms with Crippen molar-refractivity contribution in [3.63, 3.8) is 0 Å². The van der Waals surface area contributed by atoms with Crippen LogP contribution in [0.4, 0.5) is 5.69 Å². The van der Waals surface area contributed by atoms with Gasteiger partial charge in [-0.1, -0.05) is 36.4 Å². The first-order chi connectivity index (χ1) is 12.9. The van der Waals surface area contributed by atoms with Gasteiger partial charge in [-0.25, -0.2) is 4.79 Å². The Hall–Kier alpha value is -3.87. The van der Waals surface area contributed by atoms with Crippen molar-refractivity contribution >= 4 is 11.7 Å². The fourth-order valence-corrected chi connectivity index (χ4v) is 3.43. The van der Waals surface area contributed by atoms with Crippen LogP contribution in [0.2, 0.25) is 0 Å². The third-order valence-corrected chi connectivity index (χ3v) is 4.62. The van der Waals surface area contributed by atoms with Crippen LogP contribution < -0.4 is 0 Å². The maximum Gasteiger partial charge on any atom is 0.347 e. The third-order valence-electron chi connectivity index (χ3n) is 4.62. The average molecular weight is 363 g/mol. The third kappa shape index (κ3) is 2.40. The largest absolute Gasteiger partial charge is 0.508 e. The molecule has 3 aromatic rings. The number of nitrogens with zero attached hydrogens (tertiary/aromatic N) is 1. The van der Waals surface area contributed by atoms with Crippen molar-refractivity contribution in [2.45, 2.75) is 5.60 Å². The lowest BCUT2D eigenvalue weighted by molar-refractivity contribution is -0.385. The summed E-state index contributed by atoms with van der Waals surface area (Å²) in [6.07, 6.45) is 0. The molecule has 7 nitrogen and oxygen atoms in total. The van der Waals surface area contributed by atoms with Gasteiger partial charge >= 0.3 is 5.97 Å². The topological polar surface area (TPSA) is 110 Å². The summed E-state index contributed by atoms with van der Waals surface area (Å²) < 4.78 is 5.76. The van der Waals surface area contributed by atoms with Crippen molar-refractivity contribution in [3.8, 4) is 11.5 Å². The minimum absolute atomic E-state index is 0.0307. The lowest BCUT2D eigenvalue weighted by Crippen LogP contribution is -2.29. The Kier molecular flexibility index (Phi) is 3.59. The van der Waals surface area contributed by atoms with Crippen LogP contribution in [-0.4, -0.2) is 21.1 Å². The summed E-state index contributed by atoms with van der Waals surface area (Å²) in [5, 5.41) is 30.7. The molecule has 0 radical (unpaired) electrons. The van der Waals surface area contributed by atoms with Crippen molar-refractivity contribution in [3.05, 3.63) is 99.1 Å². The first kappa shape index (κ1) is 16.6. The van der Waals surface area contributed by atoms with Crippen LogP contribution in [0, 0.1) is 10.1 Å². The number of esters is 1. The van der Waals surface area contributed by atoms with Gasteiger partial charge in [0.05, 0.1) is 4.92 Å². The number of carbonyl (C=O) groups excluding carboxylic acids is 1. The minimum Gasteiger partial charge on any atom is -0.508 e. The number of phenolic OH excluding ortho intramolecular Hbond substituents is 2. The number of hydrogen-bond acceptors (Lipinski definition) is 6. The van der Waals surface area contributed by atoms with Crippen LogP contribution in [0.3, 0.4) is 0 Å². The molecule has 7 heteroatoms. The molecule has 0 unspecified atom stereocenters. The van der Waals surface area contributed by atoms with E-state index in [2.05, 4.69) is 0 Å². The molecule has 0 saturated carbocycles. The Labute approximate surface area is 153 Å². The number of phenols is 2. The predicted molar refractivity (Wildman–Crippen MR) is 94.6 cm³/mol. The number of fused-ring (bicyclic) bond motifs is 1. The Morgan fingerprint density at radius 2 is 1.37 bits per heavy atom. The van der Waals surface area contributed by atoms with E-state index >= 15 is 0 Å². The molecular formula is C20H13NO6. The molecule has 4 rings (SSSR count). The number of ether oxygens (including phenoxy) is 1. The Morgan fingerprint density at radius 3 is 1.85 bits per heavy atom. The molecule has 0 aromatic heterocycles. The summed E-state index contributed by atoms with van der Waals surface area (Å²) in [5.41, 5.74) is -0.518. The Balaban J connectivity index is 2.07. The highest BCUT2D eigenvalue weighted by molar-refractivity contribution is 6.00. The summed E-state index contributed by atoms with van der Waals surface area (Å²) in [6, 6.07) is 16.5. The number of carbonyl (C=O) groups is 1. The molecule has 2 N–H and O–H groups in total. The molecule has 3 aromatic carbocycles. The summed E-state index contributed by atoms with van der Waals surface area (Å²) >= 11 is 0. The molecule has 0 saturated heterocycles. The lowest BCUT2D eigenvalue weighted by atomic mass is 9.79. The van der Waals surface area contributed by atoms with Crippen LogP contribution in [0.1, 0.15) is 27.0 Å². The second-order valence-electron chi connectivity index (χ2n) is 6.12. The van der Waals surface area contributed by atoms with Gasteiger partial charge in [-0.2, -0.15) is 0 Å². The van der Waals surface area contributed by atoms with Gasteiger partial charge < -0.3 is 14.9 Å². The van der Waals surface area contributed by atoms with Gasteiger partial charge in [0.25, 0.3) is 5.69 Å². The second kappa shape index (κ2) is 5.84. The van der Waals surface area contributed by atoms with E-state index in [0.717, 1.165) is 0 Å². The van der Waals surface area contributed by atoms with E-state index in [4.69, 9.17) is 4.74 Å². The first-order valence-electron chi connectivity index (χ1n) is 8.04. The molecular weight excluding hydrogens is 350 g/mol. The fraction of sp³-hybridized carbons (Fsp3) is 0.0500. The summed E-state index contributed by atoms with van der Waals surface area (Å²) in [4.78, 5) is 23.5. The first-order valence-corrected chi connectivity index (χ1v) is 8.04. The molecule has 0 spiro atoms. The number of benzene rings is 3. The van der Waals surface area contributed by atoms with Crippen molar-refractivity contribution < 1.29 is 24.7 Å². The predicted octanol–water partition coefficient (Wildman–Crippen LogP) is 3.47. The maximum absolute atomic E-state index is 12.7. The molecule has 1 heterocycles. The quantitative estimate of drug-likeness (QED) is 0.419. The zero-order chi connectivity index (χ0) is 19.2. The number of nitro benzene ring substituents is 1. The summed E-state index contributed by atoms with van der Waals surface area (Å²) in [7, 11) is 0. The molecule has 0 amide bonds. The summed E-state index contributed by atoms with van der Waals surface area (Å²) in [5.74, 6) is -0.746. The maximum atomic E-state index is 12.7. The van der Waals surface area contributed by atoms with Gasteiger partial charge in [-0.15, -0.1) is 0 Å². The molecule has 0 bridgehead atoms. The van der Waals surface area contributed by atoms with Gasteiger partial charge in [0.2, 0.25) is 0 Å². The van der Waals surface area contributed by atoms with Gasteiger partial charge in [0.15, 0.2) is 5.60 Å². The van der Waals surface area contributed by atoms with E-state index in [9.17, 15) is 25.1 Å². The number of nitro groups is 1.